The number of aromatic nitrogens is 1. The molecule has 1 aromatic heterocycles. The lowest BCUT2D eigenvalue weighted by Gasteiger charge is -2.19. The molecule has 2 fully saturated rings. The molecule has 19 heavy (non-hydrogen) atoms. The van der Waals surface area contributed by atoms with Gasteiger partial charge in [0.2, 0.25) is 0 Å². The van der Waals surface area contributed by atoms with E-state index in [4.69, 9.17) is 4.98 Å². The van der Waals surface area contributed by atoms with E-state index in [9.17, 15) is 9.90 Å². The van der Waals surface area contributed by atoms with Crippen LogP contribution in [0.15, 0.2) is 5.38 Å². The van der Waals surface area contributed by atoms with Crippen LogP contribution in [0.1, 0.15) is 55.1 Å². The number of likely N-dealkylation sites (tertiary alicyclic amines) is 1. The van der Waals surface area contributed by atoms with Crippen molar-refractivity contribution in [3.05, 3.63) is 16.1 Å². The smallest absolute Gasteiger partial charge is 0.320 e. The third kappa shape index (κ3) is 2.82. The molecule has 1 aromatic rings. The van der Waals surface area contributed by atoms with Gasteiger partial charge in [0, 0.05) is 17.8 Å². The number of nitrogens with zero attached hydrogens (tertiary/aromatic N) is 2. The van der Waals surface area contributed by atoms with Crippen molar-refractivity contribution in [1.29, 1.82) is 0 Å². The number of aliphatic carboxylic acids is 1. The monoisotopic (exact) mass is 280 g/mol. The minimum atomic E-state index is -0.691. The van der Waals surface area contributed by atoms with Crippen LogP contribution in [-0.2, 0) is 11.3 Å². The number of hydrogen-bond acceptors (Lipinski definition) is 4. The van der Waals surface area contributed by atoms with Crippen molar-refractivity contribution >= 4 is 17.3 Å². The molecule has 2 heterocycles. The molecule has 1 N–H and O–H groups in total. The van der Waals surface area contributed by atoms with E-state index < -0.39 is 5.97 Å². The van der Waals surface area contributed by atoms with Gasteiger partial charge in [-0.05, 0) is 32.2 Å². The minimum absolute atomic E-state index is 0.309. The number of carbonyl (C=O) groups is 1. The van der Waals surface area contributed by atoms with Crippen LogP contribution in [0.2, 0.25) is 0 Å². The Balaban J connectivity index is 1.65. The summed E-state index contributed by atoms with van der Waals surface area (Å²) in [5, 5.41) is 12.6. The quantitative estimate of drug-likeness (QED) is 0.921. The van der Waals surface area contributed by atoms with Crippen LogP contribution < -0.4 is 0 Å². The van der Waals surface area contributed by atoms with E-state index in [1.807, 2.05) is 0 Å². The van der Waals surface area contributed by atoms with Crippen LogP contribution in [0.3, 0.4) is 0 Å². The summed E-state index contributed by atoms with van der Waals surface area (Å²) in [7, 11) is 0. The Hall–Kier alpha value is -0.940. The zero-order chi connectivity index (χ0) is 13.2. The number of carboxylic acid groups (broad SMARTS) is 1. The predicted molar refractivity (Wildman–Crippen MR) is 74.4 cm³/mol. The van der Waals surface area contributed by atoms with Crippen LogP contribution >= 0.6 is 11.3 Å². The summed E-state index contributed by atoms with van der Waals surface area (Å²) in [6.07, 6.45) is 6.95. The summed E-state index contributed by atoms with van der Waals surface area (Å²) in [4.78, 5) is 17.9. The summed E-state index contributed by atoms with van der Waals surface area (Å²) >= 11 is 1.75. The molecule has 1 saturated heterocycles. The molecule has 1 aliphatic heterocycles. The van der Waals surface area contributed by atoms with Crippen molar-refractivity contribution in [2.75, 3.05) is 6.54 Å². The van der Waals surface area contributed by atoms with Gasteiger partial charge in [-0.15, -0.1) is 11.3 Å². The zero-order valence-electron chi connectivity index (χ0n) is 11.0. The molecule has 104 valence electrons. The van der Waals surface area contributed by atoms with Gasteiger partial charge in [0.05, 0.1) is 10.7 Å². The number of rotatable bonds is 4. The van der Waals surface area contributed by atoms with Crippen LogP contribution in [0.25, 0.3) is 0 Å². The summed E-state index contributed by atoms with van der Waals surface area (Å²) in [6, 6.07) is -0.309. The van der Waals surface area contributed by atoms with Crippen molar-refractivity contribution in [1.82, 2.24) is 9.88 Å². The van der Waals surface area contributed by atoms with Gasteiger partial charge in [-0.2, -0.15) is 0 Å². The van der Waals surface area contributed by atoms with E-state index >= 15 is 0 Å². The molecule has 0 aromatic carbocycles. The first kappa shape index (κ1) is 13.1. The van der Waals surface area contributed by atoms with Crippen molar-refractivity contribution in [3.8, 4) is 0 Å². The Kier molecular flexibility index (Phi) is 3.84. The molecule has 0 bridgehead atoms. The standard InChI is InChI=1S/C14H20N2O2S/c17-14(18)12-6-3-7-16(12)8-11-9-19-13(15-11)10-4-1-2-5-10/h9-10,12H,1-8H2,(H,17,18)/t12-/m1/s1. The van der Waals surface area contributed by atoms with Crippen molar-refractivity contribution in [3.63, 3.8) is 0 Å². The molecule has 1 aliphatic carbocycles. The van der Waals surface area contributed by atoms with Gasteiger partial charge >= 0.3 is 5.97 Å². The van der Waals surface area contributed by atoms with Gasteiger partial charge in [0.15, 0.2) is 0 Å². The summed E-state index contributed by atoms with van der Waals surface area (Å²) in [5.41, 5.74) is 1.06. The van der Waals surface area contributed by atoms with Gasteiger partial charge in [-0.1, -0.05) is 12.8 Å². The van der Waals surface area contributed by atoms with Gasteiger partial charge in [0.25, 0.3) is 0 Å². The Morgan fingerprint density at radius 1 is 1.37 bits per heavy atom. The minimum Gasteiger partial charge on any atom is -0.480 e. The Morgan fingerprint density at radius 3 is 2.89 bits per heavy atom. The third-order valence-electron chi connectivity index (χ3n) is 4.29. The fourth-order valence-electron chi connectivity index (χ4n) is 3.26. The number of carboxylic acids is 1. The van der Waals surface area contributed by atoms with Gasteiger partial charge in [0.1, 0.15) is 6.04 Å². The normalized spacial score (nSPS) is 25.2. The second kappa shape index (κ2) is 5.59. The molecular formula is C14H20N2O2S. The lowest BCUT2D eigenvalue weighted by molar-refractivity contribution is -0.142. The van der Waals surface area contributed by atoms with E-state index in [1.165, 1.54) is 30.7 Å². The molecule has 0 radical (unpaired) electrons. The highest BCUT2D eigenvalue weighted by Gasteiger charge is 2.31. The molecule has 1 atom stereocenters. The molecule has 4 nitrogen and oxygen atoms in total. The first-order valence-electron chi connectivity index (χ1n) is 7.15. The third-order valence-corrected chi connectivity index (χ3v) is 5.34. The molecule has 1 saturated carbocycles. The highest BCUT2D eigenvalue weighted by atomic mass is 32.1. The average molecular weight is 280 g/mol. The van der Waals surface area contributed by atoms with E-state index in [1.54, 1.807) is 11.3 Å². The Labute approximate surface area is 117 Å². The predicted octanol–water partition coefficient (Wildman–Crippen LogP) is 2.85. The fourth-order valence-corrected chi connectivity index (χ4v) is 4.24. The molecule has 3 rings (SSSR count). The largest absolute Gasteiger partial charge is 0.480 e. The SMILES string of the molecule is O=C(O)[C@H]1CCCN1Cc1csc(C2CCCC2)n1. The molecule has 0 unspecified atom stereocenters. The summed E-state index contributed by atoms with van der Waals surface area (Å²) in [5.74, 6) is -0.0312. The van der Waals surface area contributed by atoms with Gasteiger partial charge in [-0.3, -0.25) is 9.69 Å². The highest BCUT2D eigenvalue weighted by molar-refractivity contribution is 7.09. The molecular weight excluding hydrogens is 260 g/mol. The van der Waals surface area contributed by atoms with E-state index in [-0.39, 0.29) is 6.04 Å². The first-order valence-corrected chi connectivity index (χ1v) is 8.03. The zero-order valence-corrected chi connectivity index (χ0v) is 11.9. The second-order valence-electron chi connectivity index (χ2n) is 5.63. The Bertz CT molecular complexity index is 454. The topological polar surface area (TPSA) is 53.4 Å². The van der Waals surface area contributed by atoms with E-state index in [0.29, 0.717) is 12.5 Å². The molecule has 5 heteroatoms. The summed E-state index contributed by atoms with van der Waals surface area (Å²) in [6.45, 7) is 1.58. The van der Waals surface area contributed by atoms with Crippen LogP contribution in [0.4, 0.5) is 0 Å². The van der Waals surface area contributed by atoms with Crippen molar-refractivity contribution < 1.29 is 9.90 Å². The van der Waals surface area contributed by atoms with Gasteiger partial charge in [-0.25, -0.2) is 4.98 Å². The van der Waals surface area contributed by atoms with Crippen LogP contribution in [0.5, 0.6) is 0 Å². The lowest BCUT2D eigenvalue weighted by atomic mass is 10.1. The molecule has 0 spiro atoms. The Morgan fingerprint density at radius 2 is 2.16 bits per heavy atom. The average Bonchev–Trinajstić information content (AvgIpc) is 3.09. The fraction of sp³-hybridized carbons (Fsp3) is 0.714. The maximum atomic E-state index is 11.2. The van der Waals surface area contributed by atoms with E-state index in [2.05, 4.69) is 10.3 Å². The second-order valence-corrected chi connectivity index (χ2v) is 6.51. The lowest BCUT2D eigenvalue weighted by Crippen LogP contribution is -2.35. The summed E-state index contributed by atoms with van der Waals surface area (Å²) < 4.78 is 0. The van der Waals surface area contributed by atoms with Crippen LogP contribution in [0, 0.1) is 0 Å². The first-order chi connectivity index (χ1) is 9.24. The molecule has 0 amide bonds. The van der Waals surface area contributed by atoms with Crippen molar-refractivity contribution in [2.24, 2.45) is 0 Å². The highest BCUT2D eigenvalue weighted by Crippen LogP contribution is 2.35. The van der Waals surface area contributed by atoms with Crippen molar-refractivity contribution in [2.45, 2.75) is 57.0 Å². The maximum absolute atomic E-state index is 11.2. The number of thiazole rings is 1. The number of hydrogen-bond donors (Lipinski definition) is 1. The van der Waals surface area contributed by atoms with Crippen LogP contribution in [-0.4, -0.2) is 33.5 Å². The van der Waals surface area contributed by atoms with E-state index in [0.717, 1.165) is 25.1 Å². The molecule has 2 aliphatic rings. The van der Waals surface area contributed by atoms with Gasteiger partial charge < -0.3 is 5.11 Å². The maximum Gasteiger partial charge on any atom is 0.320 e.